The highest BCUT2D eigenvalue weighted by atomic mass is 35.5. The van der Waals surface area contributed by atoms with Crippen LogP contribution in [0.3, 0.4) is 0 Å². The number of hydrogen-bond donors (Lipinski definition) is 2. The van der Waals surface area contributed by atoms with E-state index in [1.165, 1.54) is 19.4 Å². The summed E-state index contributed by atoms with van der Waals surface area (Å²) in [5.41, 5.74) is 0.700. The molecule has 0 radical (unpaired) electrons. The molecule has 0 aliphatic heterocycles. The van der Waals surface area contributed by atoms with Gasteiger partial charge in [0.2, 0.25) is 0 Å². The van der Waals surface area contributed by atoms with Crippen molar-refractivity contribution in [1.82, 2.24) is 0 Å². The maximum Gasteiger partial charge on any atom is 0.267 e. The van der Waals surface area contributed by atoms with Gasteiger partial charge in [0.15, 0.2) is 0 Å². The molecule has 0 saturated heterocycles. The van der Waals surface area contributed by atoms with Crippen LogP contribution in [0.4, 0.5) is 11.4 Å². The molecule has 0 bridgehead atoms. The van der Waals surface area contributed by atoms with Crippen LogP contribution < -0.4 is 15.4 Å². The van der Waals surface area contributed by atoms with Gasteiger partial charge in [-0.25, -0.2) is 0 Å². The van der Waals surface area contributed by atoms with Crippen LogP contribution in [0.15, 0.2) is 48.2 Å². The number of hydrogen-bond acceptors (Lipinski definition) is 4. The number of halogens is 3. The minimum atomic E-state index is -0.625. The number of methoxy groups -OCH3 is 1. The van der Waals surface area contributed by atoms with Crippen LogP contribution in [0.5, 0.6) is 5.75 Å². The van der Waals surface area contributed by atoms with Crippen LogP contribution in [0, 0.1) is 11.3 Å². The third kappa shape index (κ3) is 5.04. The molecule has 0 unspecified atom stereocenters. The number of carbonyl (C=O) groups is 1. The van der Waals surface area contributed by atoms with Crippen molar-refractivity contribution in [3.8, 4) is 11.8 Å². The maximum atomic E-state index is 12.2. The van der Waals surface area contributed by atoms with Crippen molar-refractivity contribution in [2.24, 2.45) is 0 Å². The molecule has 5 nitrogen and oxygen atoms in total. The van der Waals surface area contributed by atoms with E-state index in [0.29, 0.717) is 27.2 Å². The summed E-state index contributed by atoms with van der Waals surface area (Å²) >= 11 is 17.7. The summed E-state index contributed by atoms with van der Waals surface area (Å²) in [5.74, 6) is -0.112. The Morgan fingerprint density at radius 2 is 1.80 bits per heavy atom. The van der Waals surface area contributed by atoms with Crippen molar-refractivity contribution < 1.29 is 9.53 Å². The molecular weight excluding hydrogens is 385 g/mol. The second kappa shape index (κ2) is 8.63. The highest BCUT2D eigenvalue weighted by Crippen LogP contribution is 2.28. The standard InChI is InChI=1S/C17H12Cl3N3O2/c1-25-16-5-3-12(19)7-15(16)22-9-10(8-21)17(24)23-14-4-2-11(18)6-13(14)20/h2-7,9,22H,1H3,(H,23,24)/b10-9-. The first-order valence-electron chi connectivity index (χ1n) is 6.91. The fourth-order valence-corrected chi connectivity index (χ4v) is 2.50. The van der Waals surface area contributed by atoms with Crippen molar-refractivity contribution in [2.75, 3.05) is 17.7 Å². The summed E-state index contributed by atoms with van der Waals surface area (Å²) in [7, 11) is 1.50. The molecule has 0 aliphatic rings. The quantitative estimate of drug-likeness (QED) is 0.544. The van der Waals surface area contributed by atoms with Gasteiger partial charge in [-0.1, -0.05) is 34.8 Å². The molecule has 0 spiro atoms. The van der Waals surface area contributed by atoms with E-state index in [1.807, 2.05) is 6.07 Å². The van der Waals surface area contributed by atoms with E-state index >= 15 is 0 Å². The lowest BCUT2D eigenvalue weighted by atomic mass is 10.2. The van der Waals surface area contributed by atoms with Crippen molar-refractivity contribution >= 4 is 52.1 Å². The summed E-state index contributed by atoms with van der Waals surface area (Å²) in [6.07, 6.45) is 1.26. The van der Waals surface area contributed by atoms with E-state index in [1.54, 1.807) is 30.3 Å². The first-order chi connectivity index (χ1) is 11.9. The van der Waals surface area contributed by atoms with E-state index in [0.717, 1.165) is 0 Å². The molecule has 1 amide bonds. The molecule has 0 heterocycles. The summed E-state index contributed by atoms with van der Waals surface area (Å²) in [4.78, 5) is 12.2. The van der Waals surface area contributed by atoms with E-state index in [2.05, 4.69) is 10.6 Å². The van der Waals surface area contributed by atoms with Crippen molar-refractivity contribution in [3.05, 3.63) is 63.2 Å². The van der Waals surface area contributed by atoms with Gasteiger partial charge in [0.25, 0.3) is 5.91 Å². The number of benzene rings is 2. The summed E-state index contributed by atoms with van der Waals surface area (Å²) in [6, 6.07) is 11.4. The second-order valence-electron chi connectivity index (χ2n) is 4.74. The van der Waals surface area contributed by atoms with E-state index in [-0.39, 0.29) is 10.6 Å². The maximum absolute atomic E-state index is 12.2. The zero-order chi connectivity index (χ0) is 18.4. The molecule has 128 valence electrons. The number of anilines is 2. The van der Waals surface area contributed by atoms with Gasteiger partial charge in [-0.2, -0.15) is 5.26 Å². The second-order valence-corrected chi connectivity index (χ2v) is 6.02. The third-order valence-corrected chi connectivity index (χ3v) is 3.86. The average molecular weight is 397 g/mol. The fourth-order valence-electron chi connectivity index (χ4n) is 1.87. The Morgan fingerprint density at radius 1 is 1.12 bits per heavy atom. The lowest BCUT2D eigenvalue weighted by molar-refractivity contribution is -0.112. The predicted molar refractivity (Wildman–Crippen MR) is 100 cm³/mol. The lowest BCUT2D eigenvalue weighted by Gasteiger charge is -2.10. The Morgan fingerprint density at radius 3 is 2.44 bits per heavy atom. The van der Waals surface area contributed by atoms with Crippen LogP contribution in [0.1, 0.15) is 0 Å². The lowest BCUT2D eigenvalue weighted by Crippen LogP contribution is -2.15. The Bertz CT molecular complexity index is 876. The molecule has 2 N–H and O–H groups in total. The van der Waals surface area contributed by atoms with Crippen LogP contribution in [-0.4, -0.2) is 13.0 Å². The van der Waals surface area contributed by atoms with Gasteiger partial charge in [0, 0.05) is 16.2 Å². The minimum Gasteiger partial charge on any atom is -0.495 e. The van der Waals surface area contributed by atoms with Crippen molar-refractivity contribution in [3.63, 3.8) is 0 Å². The molecule has 2 aromatic carbocycles. The van der Waals surface area contributed by atoms with Crippen LogP contribution in [0.2, 0.25) is 15.1 Å². The first-order valence-corrected chi connectivity index (χ1v) is 8.04. The Labute approximate surface area is 159 Å². The van der Waals surface area contributed by atoms with Crippen LogP contribution in [0.25, 0.3) is 0 Å². The van der Waals surface area contributed by atoms with E-state index in [9.17, 15) is 10.1 Å². The van der Waals surface area contributed by atoms with Crippen molar-refractivity contribution in [1.29, 1.82) is 5.26 Å². The Hall–Kier alpha value is -2.39. The van der Waals surface area contributed by atoms with Gasteiger partial charge < -0.3 is 15.4 Å². The molecular formula is C17H12Cl3N3O2. The molecule has 0 saturated carbocycles. The molecule has 0 fully saturated rings. The summed E-state index contributed by atoms with van der Waals surface area (Å²) < 4.78 is 5.19. The smallest absolute Gasteiger partial charge is 0.267 e. The van der Waals surface area contributed by atoms with Crippen molar-refractivity contribution in [2.45, 2.75) is 0 Å². The Kier molecular flexibility index (Phi) is 6.54. The number of nitriles is 1. The zero-order valence-electron chi connectivity index (χ0n) is 12.9. The predicted octanol–water partition coefficient (Wildman–Crippen LogP) is 5.11. The molecule has 0 aromatic heterocycles. The number of nitrogens with zero attached hydrogens (tertiary/aromatic N) is 1. The Balaban J connectivity index is 2.18. The average Bonchev–Trinajstić information content (AvgIpc) is 2.58. The van der Waals surface area contributed by atoms with Gasteiger partial charge in [-0.15, -0.1) is 0 Å². The number of ether oxygens (including phenoxy) is 1. The van der Waals surface area contributed by atoms with Crippen LogP contribution >= 0.6 is 34.8 Å². The molecule has 2 rings (SSSR count). The molecule has 2 aromatic rings. The van der Waals surface area contributed by atoms with Crippen LogP contribution in [-0.2, 0) is 4.79 Å². The number of nitrogens with one attached hydrogen (secondary N) is 2. The monoisotopic (exact) mass is 395 g/mol. The highest BCUT2D eigenvalue weighted by molar-refractivity contribution is 6.36. The minimum absolute atomic E-state index is 0.159. The molecule has 0 atom stereocenters. The zero-order valence-corrected chi connectivity index (χ0v) is 15.2. The van der Waals surface area contributed by atoms with Gasteiger partial charge in [0.05, 0.1) is 23.5 Å². The third-order valence-electron chi connectivity index (χ3n) is 3.08. The number of rotatable bonds is 5. The topological polar surface area (TPSA) is 74.1 Å². The van der Waals surface area contributed by atoms with E-state index < -0.39 is 5.91 Å². The molecule has 25 heavy (non-hydrogen) atoms. The summed E-state index contributed by atoms with van der Waals surface area (Å²) in [6.45, 7) is 0. The SMILES string of the molecule is COc1ccc(Cl)cc1N/C=C(/C#N)C(=O)Nc1ccc(Cl)cc1Cl. The first kappa shape index (κ1) is 18.9. The fraction of sp³-hybridized carbons (Fsp3) is 0.0588. The largest absolute Gasteiger partial charge is 0.495 e. The molecule has 8 heteroatoms. The van der Waals surface area contributed by atoms with Gasteiger partial charge in [-0.05, 0) is 36.4 Å². The normalized spacial score (nSPS) is 10.8. The van der Waals surface area contributed by atoms with Gasteiger partial charge in [-0.3, -0.25) is 4.79 Å². The number of amides is 1. The number of carbonyl (C=O) groups excluding carboxylic acids is 1. The van der Waals surface area contributed by atoms with Gasteiger partial charge in [0.1, 0.15) is 17.4 Å². The van der Waals surface area contributed by atoms with E-state index in [4.69, 9.17) is 39.5 Å². The van der Waals surface area contributed by atoms with Gasteiger partial charge >= 0.3 is 0 Å². The highest BCUT2D eigenvalue weighted by Gasteiger charge is 2.12. The summed E-state index contributed by atoms with van der Waals surface area (Å²) in [5, 5.41) is 15.8. The molecule has 0 aliphatic carbocycles.